The minimum atomic E-state index is -0.312. The molecule has 2 aromatic rings. The number of amides is 2. The van der Waals surface area contributed by atoms with Crippen LogP contribution in [0, 0.1) is 0 Å². The van der Waals surface area contributed by atoms with Gasteiger partial charge in [0.05, 0.1) is 12.1 Å². The van der Waals surface area contributed by atoms with E-state index in [2.05, 4.69) is 10.3 Å². The zero-order valence-corrected chi connectivity index (χ0v) is 14.5. The first kappa shape index (κ1) is 17.4. The molecular formula is C18H24N4O3. The predicted molar refractivity (Wildman–Crippen MR) is 93.8 cm³/mol. The molecule has 7 nitrogen and oxygen atoms in total. The second-order valence-electron chi connectivity index (χ2n) is 6.20. The van der Waals surface area contributed by atoms with Crippen molar-refractivity contribution in [1.82, 2.24) is 19.6 Å². The van der Waals surface area contributed by atoms with Crippen LogP contribution in [-0.4, -0.2) is 59.4 Å². The zero-order valence-electron chi connectivity index (χ0n) is 14.5. The lowest BCUT2D eigenvalue weighted by atomic mass is 10.2. The molecule has 2 amide bonds. The summed E-state index contributed by atoms with van der Waals surface area (Å²) < 4.78 is 6.62. The Hall–Kier alpha value is -2.41. The van der Waals surface area contributed by atoms with Crippen LogP contribution in [0.5, 0.6) is 0 Å². The lowest BCUT2D eigenvalue weighted by Crippen LogP contribution is -2.32. The van der Waals surface area contributed by atoms with Crippen molar-refractivity contribution >= 4 is 17.3 Å². The summed E-state index contributed by atoms with van der Waals surface area (Å²) in [4.78, 5) is 31.6. The topological polar surface area (TPSA) is 75.9 Å². The third kappa shape index (κ3) is 3.82. The molecule has 0 bridgehead atoms. The number of carbonyl (C=O) groups is 2. The van der Waals surface area contributed by atoms with Gasteiger partial charge in [-0.25, -0.2) is 4.98 Å². The van der Waals surface area contributed by atoms with Gasteiger partial charge in [0.25, 0.3) is 11.8 Å². The van der Waals surface area contributed by atoms with Crippen LogP contribution in [0.4, 0.5) is 0 Å². The maximum absolute atomic E-state index is 13.0. The minimum Gasteiger partial charge on any atom is -0.383 e. The molecule has 1 saturated heterocycles. The molecule has 0 saturated carbocycles. The van der Waals surface area contributed by atoms with Crippen molar-refractivity contribution in [3.8, 4) is 0 Å². The Morgan fingerprint density at radius 3 is 2.68 bits per heavy atom. The number of nitrogens with zero attached hydrogens (tertiary/aromatic N) is 3. The number of ether oxygens (including phenoxy) is 1. The summed E-state index contributed by atoms with van der Waals surface area (Å²) in [5, 5.41) is 2.76. The first-order chi connectivity index (χ1) is 12.2. The van der Waals surface area contributed by atoms with Crippen LogP contribution in [0.15, 0.2) is 24.4 Å². The molecule has 3 rings (SSSR count). The average Bonchev–Trinajstić information content (AvgIpc) is 2.81. The van der Waals surface area contributed by atoms with E-state index in [9.17, 15) is 9.59 Å². The van der Waals surface area contributed by atoms with Crippen molar-refractivity contribution in [1.29, 1.82) is 0 Å². The van der Waals surface area contributed by atoms with Crippen LogP contribution in [0.3, 0.4) is 0 Å². The van der Waals surface area contributed by atoms with Gasteiger partial charge < -0.3 is 15.0 Å². The quantitative estimate of drug-likeness (QED) is 0.838. The van der Waals surface area contributed by atoms with Crippen LogP contribution in [0.25, 0.3) is 5.52 Å². The SMILES string of the molecule is COCCNC(=O)c1nc(C(=O)N2CCCCCC2)c2ccccn12. The van der Waals surface area contributed by atoms with E-state index in [1.54, 1.807) is 17.7 Å². The molecular weight excluding hydrogens is 320 g/mol. The molecule has 1 aliphatic rings. The maximum atomic E-state index is 13.0. The largest absolute Gasteiger partial charge is 0.383 e. The molecule has 25 heavy (non-hydrogen) atoms. The van der Waals surface area contributed by atoms with E-state index in [1.807, 2.05) is 23.1 Å². The predicted octanol–water partition coefficient (Wildman–Crippen LogP) is 1.73. The lowest BCUT2D eigenvalue weighted by molar-refractivity contribution is 0.0758. The van der Waals surface area contributed by atoms with Gasteiger partial charge in [0.15, 0.2) is 5.69 Å². The van der Waals surface area contributed by atoms with Crippen LogP contribution >= 0.6 is 0 Å². The number of aromatic nitrogens is 2. The molecule has 1 fully saturated rings. The van der Waals surface area contributed by atoms with E-state index >= 15 is 0 Å². The zero-order chi connectivity index (χ0) is 17.6. The number of hydrogen-bond acceptors (Lipinski definition) is 4. The Balaban J connectivity index is 1.90. The highest BCUT2D eigenvalue weighted by Crippen LogP contribution is 2.18. The molecule has 2 aromatic heterocycles. The van der Waals surface area contributed by atoms with Crippen molar-refractivity contribution in [3.05, 3.63) is 35.9 Å². The number of methoxy groups -OCH3 is 1. The first-order valence-electron chi connectivity index (χ1n) is 8.76. The highest BCUT2D eigenvalue weighted by molar-refractivity contribution is 6.02. The molecule has 0 aliphatic carbocycles. The van der Waals surface area contributed by atoms with Gasteiger partial charge in [-0.1, -0.05) is 18.9 Å². The summed E-state index contributed by atoms with van der Waals surface area (Å²) in [6.07, 6.45) is 6.10. The van der Waals surface area contributed by atoms with E-state index in [1.165, 1.54) is 0 Å². The maximum Gasteiger partial charge on any atom is 0.287 e. The van der Waals surface area contributed by atoms with Crippen LogP contribution < -0.4 is 5.32 Å². The third-order valence-electron chi connectivity index (χ3n) is 4.44. The molecule has 0 atom stereocenters. The molecule has 7 heteroatoms. The molecule has 0 radical (unpaired) electrons. The molecule has 0 spiro atoms. The number of pyridine rings is 1. The highest BCUT2D eigenvalue weighted by atomic mass is 16.5. The van der Waals surface area contributed by atoms with Gasteiger partial charge in [-0.05, 0) is 25.0 Å². The van der Waals surface area contributed by atoms with Gasteiger partial charge >= 0.3 is 0 Å². The summed E-state index contributed by atoms with van der Waals surface area (Å²) in [5.41, 5.74) is 1.01. The summed E-state index contributed by atoms with van der Waals surface area (Å²) in [7, 11) is 1.58. The van der Waals surface area contributed by atoms with Crippen LogP contribution in [0.1, 0.15) is 46.8 Å². The average molecular weight is 344 g/mol. The number of nitrogens with one attached hydrogen (secondary N) is 1. The van der Waals surface area contributed by atoms with E-state index in [0.29, 0.717) is 24.4 Å². The summed E-state index contributed by atoms with van der Waals surface area (Å²) in [6, 6.07) is 5.49. The van der Waals surface area contributed by atoms with Crippen molar-refractivity contribution in [3.63, 3.8) is 0 Å². The molecule has 3 heterocycles. The number of carbonyl (C=O) groups excluding carboxylic acids is 2. The third-order valence-corrected chi connectivity index (χ3v) is 4.44. The van der Waals surface area contributed by atoms with Crippen LogP contribution in [-0.2, 0) is 4.74 Å². The Morgan fingerprint density at radius 2 is 1.96 bits per heavy atom. The monoisotopic (exact) mass is 344 g/mol. The fourth-order valence-corrected chi connectivity index (χ4v) is 3.12. The molecule has 1 N–H and O–H groups in total. The normalized spacial score (nSPS) is 15.2. The first-order valence-corrected chi connectivity index (χ1v) is 8.76. The highest BCUT2D eigenvalue weighted by Gasteiger charge is 2.25. The van der Waals surface area contributed by atoms with Crippen LogP contribution in [0.2, 0.25) is 0 Å². The van der Waals surface area contributed by atoms with Gasteiger partial charge in [-0.15, -0.1) is 0 Å². The molecule has 1 aliphatic heterocycles. The number of rotatable bonds is 5. The van der Waals surface area contributed by atoms with Gasteiger partial charge in [-0.3, -0.25) is 14.0 Å². The number of imidazole rings is 1. The number of likely N-dealkylation sites (tertiary alicyclic amines) is 1. The Kier molecular flexibility index (Phi) is 5.65. The van der Waals surface area contributed by atoms with E-state index in [4.69, 9.17) is 4.74 Å². The summed E-state index contributed by atoms with van der Waals surface area (Å²) in [5.74, 6) is -0.181. The smallest absolute Gasteiger partial charge is 0.287 e. The van der Waals surface area contributed by atoms with Gasteiger partial charge in [-0.2, -0.15) is 0 Å². The second-order valence-corrected chi connectivity index (χ2v) is 6.20. The van der Waals surface area contributed by atoms with Crippen molar-refractivity contribution in [2.24, 2.45) is 0 Å². The Labute approximate surface area is 147 Å². The van der Waals surface area contributed by atoms with E-state index < -0.39 is 0 Å². The van der Waals surface area contributed by atoms with Gasteiger partial charge in [0.1, 0.15) is 0 Å². The summed E-state index contributed by atoms with van der Waals surface area (Å²) >= 11 is 0. The van der Waals surface area contributed by atoms with Crippen molar-refractivity contribution < 1.29 is 14.3 Å². The number of fused-ring (bicyclic) bond motifs is 1. The van der Waals surface area contributed by atoms with E-state index in [0.717, 1.165) is 38.8 Å². The lowest BCUT2D eigenvalue weighted by Gasteiger charge is -2.19. The molecule has 0 unspecified atom stereocenters. The van der Waals surface area contributed by atoms with Crippen molar-refractivity contribution in [2.75, 3.05) is 33.4 Å². The fraction of sp³-hybridized carbons (Fsp3) is 0.500. The standard InChI is InChI=1S/C18H24N4O3/c1-25-13-9-19-17(23)16-20-15(14-8-4-7-12-22(14)16)18(24)21-10-5-2-3-6-11-21/h4,7-8,12H,2-3,5-6,9-11,13H2,1H3,(H,19,23). The van der Waals surface area contributed by atoms with Crippen molar-refractivity contribution in [2.45, 2.75) is 25.7 Å². The Bertz CT molecular complexity index is 748. The van der Waals surface area contributed by atoms with Gasteiger partial charge in [0, 0.05) is 32.9 Å². The summed E-state index contributed by atoms with van der Waals surface area (Å²) in [6.45, 7) is 2.32. The second kappa shape index (κ2) is 8.11. The number of hydrogen-bond donors (Lipinski definition) is 1. The fourth-order valence-electron chi connectivity index (χ4n) is 3.12. The van der Waals surface area contributed by atoms with E-state index in [-0.39, 0.29) is 17.6 Å². The molecule has 0 aromatic carbocycles. The minimum absolute atomic E-state index is 0.0958. The van der Waals surface area contributed by atoms with Gasteiger partial charge in [0.2, 0.25) is 5.82 Å². The Morgan fingerprint density at radius 1 is 1.20 bits per heavy atom. The molecule has 134 valence electrons.